The highest BCUT2D eigenvalue weighted by Gasteiger charge is 2.34. The van der Waals surface area contributed by atoms with Gasteiger partial charge in [-0.1, -0.05) is 32.0 Å². The Kier molecular flexibility index (Phi) is 5.57. The van der Waals surface area contributed by atoms with E-state index in [0.717, 1.165) is 23.0 Å². The number of carbonyl (C=O) groups is 1. The number of nitrogens with one attached hydrogen (secondary N) is 2. The molecule has 0 spiro atoms. The van der Waals surface area contributed by atoms with Gasteiger partial charge in [-0.15, -0.1) is 0 Å². The van der Waals surface area contributed by atoms with Crippen LogP contribution in [0.2, 0.25) is 0 Å². The van der Waals surface area contributed by atoms with Crippen LogP contribution in [0.15, 0.2) is 30.3 Å². The SMILES string of the molecule is CCCN1Cc2[nH]c(-c3c(-c4n[nH]c5ccccc45)cc(O)c(F)c3CC)nc2CC1C(=O)O. The molecule has 0 saturated heterocycles. The molecular formula is C25H26FN5O3. The molecule has 0 saturated carbocycles. The molecule has 4 aromatic rings. The number of fused-ring (bicyclic) bond motifs is 2. The van der Waals surface area contributed by atoms with Gasteiger partial charge in [0.1, 0.15) is 17.6 Å². The first-order valence-corrected chi connectivity index (χ1v) is 11.5. The summed E-state index contributed by atoms with van der Waals surface area (Å²) in [5, 5.41) is 28.4. The number of hydrogen-bond acceptors (Lipinski definition) is 5. The molecule has 0 amide bonds. The molecule has 176 valence electrons. The third-order valence-corrected chi connectivity index (χ3v) is 6.51. The normalized spacial score (nSPS) is 16.1. The number of nitrogens with zero attached hydrogens (tertiary/aromatic N) is 3. The number of aromatic amines is 2. The molecule has 8 nitrogen and oxygen atoms in total. The molecule has 5 rings (SSSR count). The summed E-state index contributed by atoms with van der Waals surface area (Å²) in [7, 11) is 0. The van der Waals surface area contributed by atoms with Gasteiger partial charge in [0, 0.05) is 35.0 Å². The van der Waals surface area contributed by atoms with Gasteiger partial charge in [0.2, 0.25) is 0 Å². The van der Waals surface area contributed by atoms with Crippen LogP contribution in [0.3, 0.4) is 0 Å². The number of aromatic hydroxyl groups is 1. The van der Waals surface area contributed by atoms with Crippen LogP contribution in [-0.4, -0.2) is 53.8 Å². The zero-order valence-electron chi connectivity index (χ0n) is 19.0. The Morgan fingerprint density at radius 1 is 1.29 bits per heavy atom. The van der Waals surface area contributed by atoms with Crippen molar-refractivity contribution in [2.24, 2.45) is 0 Å². The molecule has 1 atom stereocenters. The molecule has 1 aliphatic heterocycles. The Hall–Kier alpha value is -3.72. The monoisotopic (exact) mass is 463 g/mol. The summed E-state index contributed by atoms with van der Waals surface area (Å²) in [5.41, 5.74) is 4.31. The number of benzene rings is 2. The van der Waals surface area contributed by atoms with E-state index >= 15 is 4.39 Å². The van der Waals surface area contributed by atoms with Crippen molar-refractivity contribution in [3.05, 3.63) is 53.1 Å². The van der Waals surface area contributed by atoms with E-state index in [4.69, 9.17) is 4.98 Å². The van der Waals surface area contributed by atoms with E-state index in [1.54, 1.807) is 0 Å². The van der Waals surface area contributed by atoms with Gasteiger partial charge in [-0.2, -0.15) is 5.10 Å². The van der Waals surface area contributed by atoms with Gasteiger partial charge in [0.05, 0.1) is 16.9 Å². The second kappa shape index (κ2) is 8.57. The molecule has 3 heterocycles. The fraction of sp³-hybridized carbons (Fsp3) is 0.320. The number of aliphatic carboxylic acids is 1. The molecule has 0 aliphatic carbocycles. The van der Waals surface area contributed by atoms with Crippen molar-refractivity contribution in [3.63, 3.8) is 0 Å². The average Bonchev–Trinajstić information content (AvgIpc) is 3.43. The van der Waals surface area contributed by atoms with Crippen molar-refractivity contribution in [1.82, 2.24) is 25.1 Å². The maximum atomic E-state index is 15.1. The lowest BCUT2D eigenvalue weighted by atomic mass is 9.94. The summed E-state index contributed by atoms with van der Waals surface area (Å²) >= 11 is 0. The van der Waals surface area contributed by atoms with Crippen molar-refractivity contribution in [2.45, 2.75) is 45.7 Å². The van der Waals surface area contributed by atoms with Gasteiger partial charge in [0.25, 0.3) is 0 Å². The smallest absolute Gasteiger partial charge is 0.321 e. The van der Waals surface area contributed by atoms with Crippen molar-refractivity contribution in [3.8, 4) is 28.4 Å². The Labute approximate surface area is 195 Å². The molecule has 1 aliphatic rings. The number of hydrogen-bond donors (Lipinski definition) is 4. The molecule has 0 bridgehead atoms. The minimum atomic E-state index is -0.878. The van der Waals surface area contributed by atoms with E-state index in [9.17, 15) is 15.0 Å². The number of halogens is 1. The maximum Gasteiger partial charge on any atom is 0.321 e. The number of rotatable bonds is 6. The van der Waals surface area contributed by atoms with Crippen molar-refractivity contribution in [1.29, 1.82) is 0 Å². The number of phenols is 1. The Morgan fingerprint density at radius 2 is 2.09 bits per heavy atom. The van der Waals surface area contributed by atoms with Crippen LogP contribution in [0.25, 0.3) is 33.5 Å². The molecule has 2 aromatic carbocycles. The Balaban J connectivity index is 1.70. The highest BCUT2D eigenvalue weighted by Crippen LogP contribution is 2.41. The van der Waals surface area contributed by atoms with E-state index in [0.29, 0.717) is 53.4 Å². The van der Waals surface area contributed by atoms with Crippen molar-refractivity contribution < 1.29 is 19.4 Å². The van der Waals surface area contributed by atoms with Crippen LogP contribution in [0, 0.1) is 5.82 Å². The maximum absolute atomic E-state index is 15.1. The summed E-state index contributed by atoms with van der Waals surface area (Å²) in [5.74, 6) is -1.56. The number of imidazole rings is 1. The van der Waals surface area contributed by atoms with E-state index in [1.165, 1.54) is 6.07 Å². The fourth-order valence-corrected chi connectivity index (χ4v) is 4.91. The zero-order valence-corrected chi connectivity index (χ0v) is 19.0. The molecule has 0 fully saturated rings. The average molecular weight is 464 g/mol. The highest BCUT2D eigenvalue weighted by molar-refractivity contribution is 5.97. The molecule has 0 radical (unpaired) electrons. The standard InChI is InChI=1S/C25H26FN5O3/c1-3-9-31-12-18-17(11-19(31)25(33)34)27-24(28-18)21-13(4-2)22(26)20(32)10-15(21)23-14-7-5-6-8-16(14)29-30-23/h5-8,10,19,32H,3-4,9,11-12H2,1-2H3,(H,27,28)(H,29,30)(H,33,34). The number of phenolic OH excluding ortho intramolecular Hbond substituents is 1. The number of para-hydroxylation sites is 1. The molecule has 34 heavy (non-hydrogen) atoms. The summed E-state index contributed by atoms with van der Waals surface area (Å²) < 4.78 is 15.1. The summed E-state index contributed by atoms with van der Waals surface area (Å²) in [4.78, 5) is 21.9. The lowest BCUT2D eigenvalue weighted by Gasteiger charge is -2.31. The second-order valence-corrected chi connectivity index (χ2v) is 8.62. The summed E-state index contributed by atoms with van der Waals surface area (Å²) in [6, 6.07) is 8.34. The van der Waals surface area contributed by atoms with Gasteiger partial charge in [-0.05, 0) is 31.5 Å². The number of H-pyrrole nitrogens is 2. The van der Waals surface area contributed by atoms with E-state index < -0.39 is 23.6 Å². The molecular weight excluding hydrogens is 437 g/mol. The summed E-state index contributed by atoms with van der Waals surface area (Å²) in [6.45, 7) is 4.92. The fourth-order valence-electron chi connectivity index (χ4n) is 4.91. The Morgan fingerprint density at radius 3 is 2.82 bits per heavy atom. The number of carboxylic acids is 1. The molecule has 2 aromatic heterocycles. The quantitative estimate of drug-likeness (QED) is 0.340. The van der Waals surface area contributed by atoms with Gasteiger partial charge in [0.15, 0.2) is 11.6 Å². The lowest BCUT2D eigenvalue weighted by molar-refractivity contribution is -0.144. The van der Waals surface area contributed by atoms with E-state index in [1.807, 2.05) is 43.0 Å². The van der Waals surface area contributed by atoms with Crippen LogP contribution >= 0.6 is 0 Å². The first kappa shape index (κ1) is 22.1. The van der Waals surface area contributed by atoms with Crippen LogP contribution in [0.5, 0.6) is 5.75 Å². The Bertz CT molecular complexity index is 1390. The second-order valence-electron chi connectivity index (χ2n) is 8.62. The molecule has 1 unspecified atom stereocenters. The molecule has 4 N–H and O–H groups in total. The van der Waals surface area contributed by atoms with Gasteiger partial charge < -0.3 is 15.2 Å². The first-order valence-electron chi connectivity index (χ1n) is 11.5. The predicted octanol–water partition coefficient (Wildman–Crippen LogP) is 4.25. The third-order valence-electron chi connectivity index (χ3n) is 6.51. The van der Waals surface area contributed by atoms with Crippen LogP contribution in [0.1, 0.15) is 37.2 Å². The van der Waals surface area contributed by atoms with Crippen LogP contribution in [-0.2, 0) is 24.2 Å². The number of aromatic nitrogens is 4. The largest absolute Gasteiger partial charge is 0.505 e. The highest BCUT2D eigenvalue weighted by atomic mass is 19.1. The third kappa shape index (κ3) is 3.52. The minimum Gasteiger partial charge on any atom is -0.505 e. The van der Waals surface area contributed by atoms with Crippen LogP contribution < -0.4 is 0 Å². The minimum absolute atomic E-state index is 0.268. The van der Waals surface area contributed by atoms with Crippen molar-refractivity contribution >= 4 is 16.9 Å². The summed E-state index contributed by atoms with van der Waals surface area (Å²) in [6.07, 6.45) is 1.43. The topological polar surface area (TPSA) is 118 Å². The zero-order chi connectivity index (χ0) is 24.0. The van der Waals surface area contributed by atoms with Gasteiger partial charge >= 0.3 is 5.97 Å². The van der Waals surface area contributed by atoms with Gasteiger partial charge in [-0.3, -0.25) is 14.8 Å². The van der Waals surface area contributed by atoms with Gasteiger partial charge in [-0.25, -0.2) is 9.37 Å². The molecule has 9 heteroatoms. The van der Waals surface area contributed by atoms with E-state index in [2.05, 4.69) is 15.2 Å². The lowest BCUT2D eigenvalue weighted by Crippen LogP contribution is -2.45. The number of carboxylic acid groups (broad SMARTS) is 1. The first-order chi connectivity index (χ1) is 16.4. The predicted molar refractivity (Wildman–Crippen MR) is 126 cm³/mol. The van der Waals surface area contributed by atoms with E-state index in [-0.39, 0.29) is 6.42 Å². The van der Waals surface area contributed by atoms with Crippen LogP contribution in [0.4, 0.5) is 4.39 Å². The van der Waals surface area contributed by atoms with Crippen molar-refractivity contribution in [2.75, 3.05) is 6.54 Å².